The van der Waals surface area contributed by atoms with Gasteiger partial charge in [0.25, 0.3) is 5.91 Å². The van der Waals surface area contributed by atoms with E-state index in [4.69, 9.17) is 28.9 Å². The Bertz CT molecular complexity index is 648. The number of benzene rings is 1. The molecule has 0 fully saturated rings. The zero-order chi connectivity index (χ0) is 14.9. The summed E-state index contributed by atoms with van der Waals surface area (Å²) in [6.45, 7) is 2.30. The number of halogens is 3. The van der Waals surface area contributed by atoms with Crippen molar-refractivity contribution < 1.29 is 9.18 Å². The Hall–Kier alpha value is -1.79. The van der Waals surface area contributed by atoms with Crippen LogP contribution in [-0.4, -0.2) is 15.7 Å². The molecule has 0 saturated carbocycles. The summed E-state index contributed by atoms with van der Waals surface area (Å²) in [5.74, 6) is -1.10. The molecule has 2 rings (SSSR count). The van der Waals surface area contributed by atoms with Crippen LogP contribution in [0.25, 0.3) is 0 Å². The van der Waals surface area contributed by atoms with Gasteiger partial charge in [0.2, 0.25) is 0 Å². The van der Waals surface area contributed by atoms with Crippen molar-refractivity contribution in [3.05, 3.63) is 39.9 Å². The van der Waals surface area contributed by atoms with E-state index in [-0.39, 0.29) is 27.1 Å². The Labute approximate surface area is 124 Å². The van der Waals surface area contributed by atoms with Crippen LogP contribution in [0.5, 0.6) is 0 Å². The normalized spacial score (nSPS) is 10.6. The molecule has 20 heavy (non-hydrogen) atoms. The lowest BCUT2D eigenvalue weighted by molar-refractivity contribution is 0.101. The number of carbonyl (C=O) groups excluding carboxylic acids is 1. The molecule has 5 nitrogen and oxygen atoms in total. The highest BCUT2D eigenvalue weighted by atomic mass is 35.5. The lowest BCUT2D eigenvalue weighted by atomic mass is 10.2. The zero-order valence-electron chi connectivity index (χ0n) is 10.5. The maximum atomic E-state index is 13.1. The van der Waals surface area contributed by atoms with Crippen LogP contribution in [0.15, 0.2) is 18.3 Å². The smallest absolute Gasteiger partial charge is 0.276 e. The number of nitrogen functional groups attached to an aromatic ring is 1. The van der Waals surface area contributed by atoms with Gasteiger partial charge in [-0.1, -0.05) is 23.2 Å². The van der Waals surface area contributed by atoms with Crippen LogP contribution < -0.4 is 11.1 Å². The number of nitrogens with two attached hydrogens (primary N) is 1. The molecule has 1 aromatic heterocycles. The van der Waals surface area contributed by atoms with Crippen molar-refractivity contribution in [2.45, 2.75) is 13.5 Å². The summed E-state index contributed by atoms with van der Waals surface area (Å²) in [4.78, 5) is 12.2. The highest BCUT2D eigenvalue weighted by Crippen LogP contribution is 2.32. The summed E-state index contributed by atoms with van der Waals surface area (Å²) in [5, 5.41) is 6.48. The van der Waals surface area contributed by atoms with E-state index in [0.29, 0.717) is 6.54 Å². The Morgan fingerprint density at radius 3 is 2.60 bits per heavy atom. The number of carbonyl (C=O) groups is 1. The molecule has 1 heterocycles. The standard InChI is InChI=1S/C12H11Cl2FN4O/c1-2-19-11(9(16)5-17-19)12(20)18-10-7(13)3-6(15)4-8(10)14/h3-5H,2,16H2,1H3,(H,18,20). The molecule has 0 spiro atoms. The summed E-state index contributed by atoms with van der Waals surface area (Å²) < 4.78 is 14.5. The molecule has 3 N–H and O–H groups in total. The molecule has 106 valence electrons. The van der Waals surface area contributed by atoms with Crippen LogP contribution in [0.4, 0.5) is 15.8 Å². The Kier molecular flexibility index (Phi) is 4.15. The number of nitrogens with one attached hydrogen (secondary N) is 1. The second-order valence-corrected chi connectivity index (χ2v) is 4.78. The van der Waals surface area contributed by atoms with Crippen molar-refractivity contribution >= 4 is 40.5 Å². The molecule has 0 atom stereocenters. The molecule has 0 aliphatic rings. The second-order valence-electron chi connectivity index (χ2n) is 3.96. The predicted octanol–water partition coefficient (Wildman–Crippen LogP) is 3.18. The van der Waals surface area contributed by atoms with E-state index >= 15 is 0 Å². The molecule has 0 radical (unpaired) electrons. The summed E-state index contributed by atoms with van der Waals surface area (Å²) in [5.41, 5.74) is 6.26. The van der Waals surface area contributed by atoms with Crippen LogP contribution in [0.2, 0.25) is 10.0 Å². The summed E-state index contributed by atoms with van der Waals surface area (Å²) in [7, 11) is 0. The predicted molar refractivity (Wildman–Crippen MR) is 76.7 cm³/mol. The molecule has 0 aliphatic carbocycles. The van der Waals surface area contributed by atoms with E-state index in [0.717, 1.165) is 12.1 Å². The number of hydrogen-bond acceptors (Lipinski definition) is 3. The molecule has 0 aliphatic heterocycles. The van der Waals surface area contributed by atoms with E-state index in [2.05, 4.69) is 10.4 Å². The minimum Gasteiger partial charge on any atom is -0.396 e. The first-order valence-corrected chi connectivity index (χ1v) is 6.46. The van der Waals surface area contributed by atoms with Crippen LogP contribution in [0.1, 0.15) is 17.4 Å². The van der Waals surface area contributed by atoms with Crippen molar-refractivity contribution in [3.63, 3.8) is 0 Å². The molecule has 8 heteroatoms. The Balaban J connectivity index is 2.35. The zero-order valence-corrected chi connectivity index (χ0v) is 12.0. The van der Waals surface area contributed by atoms with Crippen molar-refractivity contribution in [2.24, 2.45) is 0 Å². The molecule has 0 bridgehead atoms. The minimum absolute atomic E-state index is 0.00415. The van der Waals surface area contributed by atoms with E-state index < -0.39 is 11.7 Å². The van der Waals surface area contributed by atoms with Gasteiger partial charge in [-0.2, -0.15) is 5.10 Å². The van der Waals surface area contributed by atoms with Gasteiger partial charge in [0.05, 0.1) is 27.6 Å². The van der Waals surface area contributed by atoms with Crippen molar-refractivity contribution in [3.8, 4) is 0 Å². The SMILES string of the molecule is CCn1ncc(N)c1C(=O)Nc1c(Cl)cc(F)cc1Cl. The average Bonchev–Trinajstić information content (AvgIpc) is 2.74. The van der Waals surface area contributed by atoms with Gasteiger partial charge in [0.1, 0.15) is 11.5 Å². The van der Waals surface area contributed by atoms with Gasteiger partial charge in [-0.15, -0.1) is 0 Å². The van der Waals surface area contributed by atoms with E-state index in [9.17, 15) is 9.18 Å². The first-order valence-electron chi connectivity index (χ1n) is 5.71. The molecule has 1 amide bonds. The average molecular weight is 317 g/mol. The molecule has 0 saturated heterocycles. The van der Waals surface area contributed by atoms with Crippen LogP contribution >= 0.6 is 23.2 Å². The van der Waals surface area contributed by atoms with E-state index in [1.165, 1.54) is 10.9 Å². The van der Waals surface area contributed by atoms with Crippen molar-refractivity contribution in [1.29, 1.82) is 0 Å². The maximum Gasteiger partial charge on any atom is 0.276 e. The number of anilines is 2. The molecular weight excluding hydrogens is 306 g/mol. The number of nitrogens with zero attached hydrogens (tertiary/aromatic N) is 2. The van der Waals surface area contributed by atoms with E-state index in [1.54, 1.807) is 0 Å². The molecule has 1 aromatic carbocycles. The lowest BCUT2D eigenvalue weighted by Gasteiger charge is -2.11. The summed E-state index contributed by atoms with van der Waals surface area (Å²) in [6.07, 6.45) is 1.38. The number of aryl methyl sites for hydroxylation is 1. The van der Waals surface area contributed by atoms with Crippen molar-refractivity contribution in [1.82, 2.24) is 9.78 Å². The Morgan fingerprint density at radius 1 is 1.45 bits per heavy atom. The third-order valence-corrected chi connectivity index (χ3v) is 3.22. The number of rotatable bonds is 3. The fraction of sp³-hybridized carbons (Fsp3) is 0.167. The first-order chi connectivity index (χ1) is 9.43. The minimum atomic E-state index is -0.587. The van der Waals surface area contributed by atoms with Gasteiger partial charge < -0.3 is 11.1 Å². The molecular formula is C12H11Cl2FN4O. The third kappa shape index (κ3) is 2.71. The van der Waals surface area contributed by atoms with E-state index in [1.807, 2.05) is 6.92 Å². The topological polar surface area (TPSA) is 72.9 Å². The number of aromatic nitrogens is 2. The van der Waals surface area contributed by atoms with Gasteiger partial charge in [-0.25, -0.2) is 4.39 Å². The summed E-state index contributed by atoms with van der Waals surface area (Å²) in [6, 6.07) is 2.12. The Morgan fingerprint density at radius 2 is 2.05 bits per heavy atom. The summed E-state index contributed by atoms with van der Waals surface area (Å²) >= 11 is 11.7. The van der Waals surface area contributed by atoms with Gasteiger partial charge in [0.15, 0.2) is 0 Å². The maximum absolute atomic E-state index is 13.1. The third-order valence-electron chi connectivity index (χ3n) is 2.63. The van der Waals surface area contributed by atoms with Gasteiger partial charge in [0, 0.05) is 6.54 Å². The van der Waals surface area contributed by atoms with Crippen LogP contribution in [0, 0.1) is 5.82 Å². The highest BCUT2D eigenvalue weighted by molar-refractivity contribution is 6.40. The largest absolute Gasteiger partial charge is 0.396 e. The molecule has 0 unspecified atom stereocenters. The van der Waals surface area contributed by atoms with Gasteiger partial charge in [-0.05, 0) is 19.1 Å². The molecule has 2 aromatic rings. The van der Waals surface area contributed by atoms with Gasteiger partial charge >= 0.3 is 0 Å². The fourth-order valence-corrected chi connectivity index (χ4v) is 2.28. The fourth-order valence-electron chi connectivity index (χ4n) is 1.72. The van der Waals surface area contributed by atoms with Crippen LogP contribution in [0.3, 0.4) is 0 Å². The number of amides is 1. The van der Waals surface area contributed by atoms with Crippen molar-refractivity contribution in [2.75, 3.05) is 11.1 Å². The van der Waals surface area contributed by atoms with Gasteiger partial charge in [-0.3, -0.25) is 9.48 Å². The second kappa shape index (κ2) is 5.68. The first kappa shape index (κ1) is 14.6. The lowest BCUT2D eigenvalue weighted by Crippen LogP contribution is -2.19. The number of hydrogen-bond donors (Lipinski definition) is 2. The highest BCUT2D eigenvalue weighted by Gasteiger charge is 2.19. The quantitative estimate of drug-likeness (QED) is 0.913. The monoisotopic (exact) mass is 316 g/mol. The van der Waals surface area contributed by atoms with Crippen LogP contribution in [-0.2, 0) is 6.54 Å².